The van der Waals surface area contributed by atoms with Crippen molar-refractivity contribution in [1.82, 2.24) is 10.3 Å². The zero-order valence-corrected chi connectivity index (χ0v) is 10.9. The quantitative estimate of drug-likeness (QED) is 0.669. The molecule has 0 aromatic carbocycles. The molecule has 82 valence electrons. The summed E-state index contributed by atoms with van der Waals surface area (Å²) < 4.78 is 0.790. The Morgan fingerprint density at radius 2 is 2.47 bits per heavy atom. The number of nitrogens with one attached hydrogen (secondary N) is 1. The molecular weight excluding hydrogens is 276 g/mol. The summed E-state index contributed by atoms with van der Waals surface area (Å²) in [5.41, 5.74) is 0. The van der Waals surface area contributed by atoms with Gasteiger partial charge in [-0.05, 0) is 34.5 Å². The maximum atomic E-state index is 11.3. The Labute approximate surface area is 102 Å². The summed E-state index contributed by atoms with van der Waals surface area (Å²) in [6.45, 7) is 2.78. The Hall–Kier alpha value is -0.550. The van der Waals surface area contributed by atoms with Crippen molar-refractivity contribution in [2.45, 2.75) is 18.2 Å². The predicted octanol–water partition coefficient (Wildman–Crippen LogP) is 2.46. The van der Waals surface area contributed by atoms with Crippen molar-refractivity contribution in [3.05, 3.63) is 22.9 Å². The number of halogens is 1. The van der Waals surface area contributed by atoms with Crippen molar-refractivity contribution in [1.29, 1.82) is 0 Å². The lowest BCUT2D eigenvalue weighted by molar-refractivity contribution is -0.118. The maximum Gasteiger partial charge on any atom is 0.230 e. The Morgan fingerprint density at radius 3 is 3.13 bits per heavy atom. The molecule has 1 amide bonds. The van der Waals surface area contributed by atoms with Crippen molar-refractivity contribution in [3.63, 3.8) is 0 Å². The van der Waals surface area contributed by atoms with Gasteiger partial charge in [0.05, 0.1) is 5.75 Å². The minimum atomic E-state index is 0.0672. The number of hydrogen-bond donors (Lipinski definition) is 1. The molecule has 0 aliphatic heterocycles. The third-order valence-electron chi connectivity index (χ3n) is 1.66. The topological polar surface area (TPSA) is 42.0 Å². The molecule has 0 aliphatic rings. The van der Waals surface area contributed by atoms with E-state index in [-0.39, 0.29) is 5.91 Å². The second-order valence-electron chi connectivity index (χ2n) is 2.93. The molecule has 0 saturated heterocycles. The molecule has 0 fully saturated rings. The van der Waals surface area contributed by atoms with E-state index in [0.29, 0.717) is 5.75 Å². The molecule has 0 saturated carbocycles. The number of aromatic nitrogens is 1. The summed E-state index contributed by atoms with van der Waals surface area (Å²) in [5.74, 6) is 0.502. The lowest BCUT2D eigenvalue weighted by atomic mass is 10.5. The van der Waals surface area contributed by atoms with Crippen LogP contribution in [-0.4, -0.2) is 23.2 Å². The predicted molar refractivity (Wildman–Crippen MR) is 66.0 cm³/mol. The summed E-state index contributed by atoms with van der Waals surface area (Å²) in [7, 11) is 0. The number of rotatable bonds is 5. The number of carbonyl (C=O) groups is 1. The standard InChI is InChI=1S/C10H13BrN2OS/c1-2-5-12-9(14)7-15-8-4-3-6-13-10(8)11/h3-4,6H,2,5,7H2,1H3,(H,12,14). The van der Waals surface area contributed by atoms with Gasteiger partial charge in [0.2, 0.25) is 5.91 Å². The summed E-state index contributed by atoms with van der Waals surface area (Å²) >= 11 is 4.82. The van der Waals surface area contributed by atoms with Gasteiger partial charge in [-0.3, -0.25) is 4.79 Å². The first-order valence-corrected chi connectivity index (χ1v) is 6.52. The summed E-state index contributed by atoms with van der Waals surface area (Å²) in [6.07, 6.45) is 2.68. The average Bonchev–Trinajstić information content (AvgIpc) is 2.25. The molecule has 0 bridgehead atoms. The molecule has 0 aliphatic carbocycles. The van der Waals surface area contributed by atoms with Crippen molar-refractivity contribution < 1.29 is 4.79 Å². The van der Waals surface area contributed by atoms with E-state index >= 15 is 0 Å². The molecule has 1 aromatic rings. The van der Waals surface area contributed by atoms with Crippen molar-refractivity contribution >= 4 is 33.6 Å². The lowest BCUT2D eigenvalue weighted by Gasteiger charge is -2.04. The van der Waals surface area contributed by atoms with Gasteiger partial charge in [0.25, 0.3) is 0 Å². The van der Waals surface area contributed by atoms with Crippen LogP contribution in [0.25, 0.3) is 0 Å². The number of amides is 1. The van der Waals surface area contributed by atoms with E-state index in [9.17, 15) is 4.79 Å². The summed E-state index contributed by atoms with van der Waals surface area (Å²) in [6, 6.07) is 3.80. The van der Waals surface area contributed by atoms with Gasteiger partial charge in [-0.1, -0.05) is 6.92 Å². The largest absolute Gasteiger partial charge is 0.355 e. The number of nitrogens with zero attached hydrogens (tertiary/aromatic N) is 1. The Bertz CT molecular complexity index is 333. The average molecular weight is 289 g/mol. The van der Waals surface area contributed by atoms with Crippen LogP contribution in [-0.2, 0) is 4.79 Å². The van der Waals surface area contributed by atoms with Crippen LogP contribution < -0.4 is 5.32 Å². The highest BCUT2D eigenvalue weighted by molar-refractivity contribution is 9.10. The van der Waals surface area contributed by atoms with E-state index in [1.807, 2.05) is 19.1 Å². The molecule has 5 heteroatoms. The van der Waals surface area contributed by atoms with Gasteiger partial charge in [-0.2, -0.15) is 0 Å². The van der Waals surface area contributed by atoms with Crippen molar-refractivity contribution in [3.8, 4) is 0 Å². The molecule has 1 rings (SSSR count). The van der Waals surface area contributed by atoms with E-state index in [1.165, 1.54) is 11.8 Å². The van der Waals surface area contributed by atoms with Gasteiger partial charge in [-0.15, -0.1) is 11.8 Å². The fraction of sp³-hybridized carbons (Fsp3) is 0.400. The van der Waals surface area contributed by atoms with E-state index in [1.54, 1.807) is 6.20 Å². The summed E-state index contributed by atoms with van der Waals surface area (Å²) in [4.78, 5) is 16.4. The minimum absolute atomic E-state index is 0.0672. The molecule has 1 heterocycles. The number of carbonyl (C=O) groups excluding carboxylic acids is 1. The highest BCUT2D eigenvalue weighted by Crippen LogP contribution is 2.24. The first-order valence-electron chi connectivity index (χ1n) is 4.74. The molecule has 15 heavy (non-hydrogen) atoms. The first-order chi connectivity index (χ1) is 7.24. The zero-order chi connectivity index (χ0) is 11.1. The monoisotopic (exact) mass is 288 g/mol. The van der Waals surface area contributed by atoms with Crippen LogP contribution >= 0.6 is 27.7 Å². The zero-order valence-electron chi connectivity index (χ0n) is 8.50. The Morgan fingerprint density at radius 1 is 1.67 bits per heavy atom. The molecule has 1 aromatic heterocycles. The minimum Gasteiger partial charge on any atom is -0.355 e. The van der Waals surface area contributed by atoms with Crippen LogP contribution in [0.5, 0.6) is 0 Å². The van der Waals surface area contributed by atoms with E-state index in [2.05, 4.69) is 26.2 Å². The molecule has 0 spiro atoms. The lowest BCUT2D eigenvalue weighted by Crippen LogP contribution is -2.25. The molecule has 0 unspecified atom stereocenters. The fourth-order valence-corrected chi connectivity index (χ4v) is 2.27. The smallest absolute Gasteiger partial charge is 0.230 e. The van der Waals surface area contributed by atoms with Gasteiger partial charge < -0.3 is 5.32 Å². The Kier molecular flexibility index (Phi) is 5.71. The highest BCUT2D eigenvalue weighted by Gasteiger charge is 2.04. The summed E-state index contributed by atoms with van der Waals surface area (Å²) in [5, 5.41) is 2.83. The van der Waals surface area contributed by atoms with Gasteiger partial charge in [0.15, 0.2) is 0 Å². The van der Waals surface area contributed by atoms with Crippen LogP contribution in [0.1, 0.15) is 13.3 Å². The molecule has 1 N–H and O–H groups in total. The molecule has 0 radical (unpaired) electrons. The van der Waals surface area contributed by atoms with Gasteiger partial charge in [0.1, 0.15) is 4.60 Å². The third kappa shape index (κ3) is 4.66. The highest BCUT2D eigenvalue weighted by atomic mass is 79.9. The SMILES string of the molecule is CCCNC(=O)CSc1cccnc1Br. The Balaban J connectivity index is 2.37. The molecule has 3 nitrogen and oxygen atoms in total. The van der Waals surface area contributed by atoms with Gasteiger partial charge in [0, 0.05) is 17.6 Å². The first kappa shape index (κ1) is 12.5. The van der Waals surface area contributed by atoms with E-state index in [0.717, 1.165) is 22.5 Å². The van der Waals surface area contributed by atoms with Crippen molar-refractivity contribution in [2.75, 3.05) is 12.3 Å². The second kappa shape index (κ2) is 6.85. The third-order valence-corrected chi connectivity index (χ3v) is 3.60. The van der Waals surface area contributed by atoms with Crippen molar-refractivity contribution in [2.24, 2.45) is 0 Å². The van der Waals surface area contributed by atoms with E-state index < -0.39 is 0 Å². The van der Waals surface area contributed by atoms with E-state index in [4.69, 9.17) is 0 Å². The number of pyridine rings is 1. The van der Waals surface area contributed by atoms with Gasteiger partial charge >= 0.3 is 0 Å². The number of thioether (sulfide) groups is 1. The van der Waals surface area contributed by atoms with Crippen LogP contribution in [0.2, 0.25) is 0 Å². The second-order valence-corrected chi connectivity index (χ2v) is 4.70. The van der Waals surface area contributed by atoms with Crippen LogP contribution in [0.3, 0.4) is 0 Å². The molecular formula is C10H13BrN2OS. The van der Waals surface area contributed by atoms with Crippen LogP contribution in [0.15, 0.2) is 27.8 Å². The molecule has 0 atom stereocenters. The normalized spacial score (nSPS) is 10.0. The number of hydrogen-bond acceptors (Lipinski definition) is 3. The van der Waals surface area contributed by atoms with Crippen LogP contribution in [0, 0.1) is 0 Å². The van der Waals surface area contributed by atoms with Crippen LogP contribution in [0.4, 0.5) is 0 Å². The maximum absolute atomic E-state index is 11.3. The van der Waals surface area contributed by atoms with Gasteiger partial charge in [-0.25, -0.2) is 4.98 Å². The fourth-order valence-electron chi connectivity index (χ4n) is 0.938.